The molecule has 2 unspecified atom stereocenters. The zero-order valence-corrected chi connectivity index (χ0v) is 15.5. The first-order chi connectivity index (χ1) is 13.8. The van der Waals surface area contributed by atoms with Crippen molar-refractivity contribution in [2.75, 3.05) is 6.61 Å². The Labute approximate surface area is 166 Å². The van der Waals surface area contributed by atoms with Crippen LogP contribution in [0.5, 0.6) is 0 Å². The smallest absolute Gasteiger partial charge is 0.388 e. The molecular formula is C15H18O15. The topological polar surface area (TPSA) is 229 Å². The van der Waals surface area contributed by atoms with E-state index in [1.165, 1.54) is 0 Å². The molecule has 0 aliphatic carbocycles. The summed E-state index contributed by atoms with van der Waals surface area (Å²) in [7, 11) is 0. The molecule has 30 heavy (non-hydrogen) atoms. The molecule has 1 aliphatic rings. The van der Waals surface area contributed by atoms with Crippen LogP contribution in [0.2, 0.25) is 0 Å². The zero-order valence-electron chi connectivity index (χ0n) is 15.5. The van der Waals surface area contributed by atoms with Gasteiger partial charge in [0.2, 0.25) is 17.4 Å². The van der Waals surface area contributed by atoms with E-state index in [1.807, 2.05) is 0 Å². The zero-order chi connectivity index (χ0) is 23.2. The number of ether oxygens (including phenoxy) is 1. The lowest BCUT2D eigenvalue weighted by atomic mass is 9.85. The van der Waals surface area contributed by atoms with Crippen molar-refractivity contribution in [3.8, 4) is 0 Å². The van der Waals surface area contributed by atoms with Crippen LogP contribution in [0.1, 0.15) is 20.3 Å². The number of hydrogen-bond donors (Lipinski definition) is 4. The van der Waals surface area contributed by atoms with Crippen molar-refractivity contribution >= 4 is 35.4 Å². The second-order valence-electron chi connectivity index (χ2n) is 6.03. The van der Waals surface area contributed by atoms with Crippen molar-refractivity contribution in [3.05, 3.63) is 0 Å². The number of aliphatic hydroxyl groups excluding tert-OH is 3. The fourth-order valence-corrected chi connectivity index (χ4v) is 2.10. The maximum absolute atomic E-state index is 12.2. The number of hydrogen-bond acceptors (Lipinski definition) is 15. The van der Waals surface area contributed by atoms with Gasteiger partial charge >= 0.3 is 23.9 Å². The van der Waals surface area contributed by atoms with E-state index in [2.05, 4.69) is 19.6 Å². The lowest BCUT2D eigenvalue weighted by Gasteiger charge is -2.44. The quantitative estimate of drug-likeness (QED) is 0.176. The minimum absolute atomic E-state index is 0.771. The molecule has 1 aliphatic heterocycles. The summed E-state index contributed by atoms with van der Waals surface area (Å²) in [5, 5.41) is 39.7. The van der Waals surface area contributed by atoms with Gasteiger partial charge in [-0.15, -0.1) is 0 Å². The van der Waals surface area contributed by atoms with Gasteiger partial charge in [-0.1, -0.05) is 0 Å². The molecular weight excluding hydrogens is 420 g/mol. The summed E-state index contributed by atoms with van der Waals surface area (Å²) in [4.78, 5) is 83.5. The van der Waals surface area contributed by atoms with Gasteiger partial charge in [0, 0.05) is 13.8 Å². The SMILES string of the molecule is CC(=O)C(=O)OOC(=O)CC(C(=O)OOC(=O)C(C)=O)C1(O)OC[C@@H](O)[C@H](O)[C@H]1O. The number of rotatable bonds is 6. The van der Waals surface area contributed by atoms with Crippen molar-refractivity contribution in [3.63, 3.8) is 0 Å². The molecule has 1 saturated heterocycles. The molecule has 1 fully saturated rings. The summed E-state index contributed by atoms with van der Waals surface area (Å²) in [5.74, 6) is -14.3. The van der Waals surface area contributed by atoms with Crippen molar-refractivity contribution in [1.29, 1.82) is 0 Å². The third-order valence-corrected chi connectivity index (χ3v) is 3.77. The van der Waals surface area contributed by atoms with Gasteiger partial charge in [0.25, 0.3) is 0 Å². The normalized spacial score (nSPS) is 26.7. The predicted octanol–water partition coefficient (Wildman–Crippen LogP) is -4.02. The highest BCUT2D eigenvalue weighted by Crippen LogP contribution is 2.34. The summed E-state index contributed by atoms with van der Waals surface area (Å²) in [6, 6.07) is 0. The Hall–Kier alpha value is -2.98. The average Bonchev–Trinajstić information content (AvgIpc) is 2.69. The molecule has 0 aromatic rings. The standard InChI is InChI=1S/C15H18O15/c1-5(16)12(22)28-27-9(19)3-7(14(24)30-29-13(23)6(2)17)15(25)11(21)10(20)8(18)4-26-15/h7-8,10-11,18,20-21,25H,3-4H2,1-2H3/t7?,8-,10+,11-,15?/m1/s1. The lowest BCUT2D eigenvalue weighted by molar-refractivity contribution is -0.347. The Morgan fingerprint density at radius 2 is 1.43 bits per heavy atom. The molecule has 5 atom stereocenters. The highest BCUT2D eigenvalue weighted by molar-refractivity contribution is 6.32. The summed E-state index contributed by atoms with van der Waals surface area (Å²) in [6.07, 6.45) is -7.41. The molecule has 0 amide bonds. The molecule has 4 N–H and O–H groups in total. The Balaban J connectivity index is 3.03. The second-order valence-corrected chi connectivity index (χ2v) is 6.03. The Morgan fingerprint density at radius 1 is 0.933 bits per heavy atom. The monoisotopic (exact) mass is 438 g/mol. The molecule has 1 heterocycles. The third-order valence-electron chi connectivity index (χ3n) is 3.77. The Kier molecular flexibility index (Phi) is 8.49. The van der Waals surface area contributed by atoms with Gasteiger partial charge in [0.05, 0.1) is 13.0 Å². The van der Waals surface area contributed by atoms with E-state index in [0.717, 1.165) is 13.8 Å². The van der Waals surface area contributed by atoms with Crippen LogP contribution >= 0.6 is 0 Å². The predicted molar refractivity (Wildman–Crippen MR) is 82.8 cm³/mol. The van der Waals surface area contributed by atoms with Gasteiger partial charge < -0.3 is 25.2 Å². The maximum Gasteiger partial charge on any atom is 0.421 e. The fourth-order valence-electron chi connectivity index (χ4n) is 2.10. The van der Waals surface area contributed by atoms with Crippen LogP contribution in [0.15, 0.2) is 0 Å². The summed E-state index contributed by atoms with van der Waals surface area (Å²) in [6.45, 7) is 0.745. The second kappa shape index (κ2) is 10.2. The first-order valence-electron chi connectivity index (χ1n) is 8.07. The van der Waals surface area contributed by atoms with Gasteiger partial charge in [-0.2, -0.15) is 0 Å². The van der Waals surface area contributed by atoms with E-state index in [4.69, 9.17) is 4.74 Å². The maximum atomic E-state index is 12.2. The van der Waals surface area contributed by atoms with E-state index >= 15 is 0 Å². The first-order valence-corrected chi connectivity index (χ1v) is 8.07. The molecule has 0 bridgehead atoms. The Morgan fingerprint density at radius 3 is 1.93 bits per heavy atom. The molecule has 0 saturated carbocycles. The van der Waals surface area contributed by atoms with Gasteiger partial charge in [-0.25, -0.2) is 38.7 Å². The van der Waals surface area contributed by atoms with Gasteiger partial charge in [0.1, 0.15) is 24.2 Å². The minimum atomic E-state index is -3.10. The Bertz CT molecular complexity index is 730. The van der Waals surface area contributed by atoms with Crippen molar-refractivity contribution < 1.29 is 73.5 Å². The van der Waals surface area contributed by atoms with Crippen molar-refractivity contribution in [1.82, 2.24) is 0 Å². The molecule has 15 heteroatoms. The van der Waals surface area contributed by atoms with E-state index in [1.54, 1.807) is 0 Å². The van der Waals surface area contributed by atoms with Crippen molar-refractivity contribution in [2.45, 2.75) is 44.4 Å². The van der Waals surface area contributed by atoms with Crippen molar-refractivity contribution in [2.24, 2.45) is 5.92 Å². The number of ketones is 2. The lowest BCUT2D eigenvalue weighted by Crippen LogP contribution is -2.65. The van der Waals surface area contributed by atoms with Crippen LogP contribution in [0.4, 0.5) is 0 Å². The van der Waals surface area contributed by atoms with Crippen LogP contribution < -0.4 is 0 Å². The summed E-state index contributed by atoms with van der Waals surface area (Å²) < 4.78 is 4.78. The summed E-state index contributed by atoms with van der Waals surface area (Å²) in [5.41, 5.74) is 0. The minimum Gasteiger partial charge on any atom is -0.388 e. The van der Waals surface area contributed by atoms with Crippen LogP contribution in [-0.4, -0.2) is 86.6 Å². The van der Waals surface area contributed by atoms with E-state index in [0.29, 0.717) is 0 Å². The number of Topliss-reactive ketones (excluding diaryl/α,β-unsaturated/α-hetero) is 2. The highest BCUT2D eigenvalue weighted by Gasteiger charge is 2.57. The highest BCUT2D eigenvalue weighted by atomic mass is 17.2. The molecule has 168 valence electrons. The first kappa shape index (κ1) is 25.1. The summed E-state index contributed by atoms with van der Waals surface area (Å²) >= 11 is 0. The molecule has 1 rings (SSSR count). The molecule has 0 aromatic carbocycles. The van der Waals surface area contributed by atoms with E-state index in [9.17, 15) is 49.2 Å². The van der Waals surface area contributed by atoms with Crippen LogP contribution in [-0.2, 0) is 53.1 Å². The number of carbonyl (C=O) groups excluding carboxylic acids is 6. The van der Waals surface area contributed by atoms with Gasteiger partial charge in [-0.05, 0) is 0 Å². The average molecular weight is 438 g/mol. The number of carbonyl (C=O) groups is 6. The van der Waals surface area contributed by atoms with E-state index in [-0.39, 0.29) is 0 Å². The third kappa shape index (κ3) is 6.01. The van der Waals surface area contributed by atoms with Crippen LogP contribution in [0.3, 0.4) is 0 Å². The fraction of sp³-hybridized carbons (Fsp3) is 0.600. The van der Waals surface area contributed by atoms with E-state index < -0.39 is 78.5 Å². The molecule has 0 radical (unpaired) electrons. The van der Waals surface area contributed by atoms with Crippen LogP contribution in [0, 0.1) is 5.92 Å². The largest absolute Gasteiger partial charge is 0.421 e. The molecule has 0 spiro atoms. The number of aliphatic hydroxyl groups is 4. The molecule has 15 nitrogen and oxygen atoms in total. The van der Waals surface area contributed by atoms with Crippen LogP contribution in [0.25, 0.3) is 0 Å². The van der Waals surface area contributed by atoms with Gasteiger partial charge in [0.15, 0.2) is 0 Å². The molecule has 0 aromatic heterocycles. The van der Waals surface area contributed by atoms with Gasteiger partial charge in [-0.3, -0.25) is 9.59 Å².